The van der Waals surface area contributed by atoms with E-state index in [-0.39, 0.29) is 0 Å². The maximum absolute atomic E-state index is 5.62. The van der Waals surface area contributed by atoms with Crippen LogP contribution in [-0.4, -0.2) is 25.9 Å². The first-order valence-electron chi connectivity index (χ1n) is 5.02. The normalized spacial score (nSPS) is 14.1. The third-order valence-corrected chi connectivity index (χ3v) is 3.51. The number of fused-ring (bicyclic) bond motifs is 1. The fourth-order valence-corrected chi connectivity index (χ4v) is 2.63. The lowest BCUT2D eigenvalue weighted by molar-refractivity contribution is 0.341. The van der Waals surface area contributed by atoms with Crippen molar-refractivity contribution >= 4 is 17.0 Å². The van der Waals surface area contributed by atoms with Gasteiger partial charge in [0.1, 0.15) is 6.61 Å². The molecule has 1 aliphatic heterocycles. The summed E-state index contributed by atoms with van der Waals surface area (Å²) >= 11 is 1.73. The lowest BCUT2D eigenvalue weighted by Crippen LogP contribution is -1.97. The first kappa shape index (κ1) is 12.2. The van der Waals surface area contributed by atoms with E-state index in [1.54, 1.807) is 11.3 Å². The summed E-state index contributed by atoms with van der Waals surface area (Å²) in [6.45, 7) is 7.83. The van der Waals surface area contributed by atoms with Crippen LogP contribution in [0.3, 0.4) is 0 Å². The highest BCUT2D eigenvalue weighted by atomic mass is 32.1. The third kappa shape index (κ3) is 2.38. The van der Waals surface area contributed by atoms with Gasteiger partial charge in [-0.25, -0.2) is 0 Å². The molecular formula is C11H18N2OS. The molecule has 15 heavy (non-hydrogen) atoms. The fraction of sp³-hybridized carbons (Fsp3) is 0.545. The minimum absolute atomic E-state index is 0.712. The zero-order valence-corrected chi connectivity index (χ0v) is 10.6. The molecule has 1 aliphatic rings. The summed E-state index contributed by atoms with van der Waals surface area (Å²) in [6, 6.07) is 0. The molecule has 0 aromatic carbocycles. The summed E-state index contributed by atoms with van der Waals surface area (Å²) in [5.74, 6) is 0. The van der Waals surface area contributed by atoms with Gasteiger partial charge in [0.15, 0.2) is 5.06 Å². The average molecular weight is 226 g/mol. The van der Waals surface area contributed by atoms with E-state index in [9.17, 15) is 0 Å². The second-order valence-corrected chi connectivity index (χ2v) is 4.45. The maximum Gasteiger partial charge on any atom is 0.183 e. The van der Waals surface area contributed by atoms with Crippen LogP contribution in [0.5, 0.6) is 5.06 Å². The van der Waals surface area contributed by atoms with E-state index in [0.29, 0.717) is 6.61 Å². The molecule has 0 spiro atoms. The molecule has 1 aromatic heterocycles. The second kappa shape index (κ2) is 5.28. The molecule has 84 valence electrons. The Morgan fingerprint density at radius 3 is 2.60 bits per heavy atom. The number of aryl methyl sites for hydroxylation is 1. The Bertz CT molecular complexity index is 369. The topological polar surface area (TPSA) is 47.6 Å². The van der Waals surface area contributed by atoms with Crippen LogP contribution in [0.25, 0.3) is 0 Å². The highest BCUT2D eigenvalue weighted by molar-refractivity contribution is 7.14. The van der Waals surface area contributed by atoms with Gasteiger partial charge in [0.2, 0.25) is 0 Å². The van der Waals surface area contributed by atoms with E-state index in [2.05, 4.69) is 31.5 Å². The predicted molar refractivity (Wildman–Crippen MR) is 66.5 cm³/mol. The van der Waals surface area contributed by atoms with Gasteiger partial charge in [-0.15, -0.1) is 11.3 Å². The second-order valence-electron chi connectivity index (χ2n) is 3.26. The zero-order valence-electron chi connectivity index (χ0n) is 9.76. The van der Waals surface area contributed by atoms with E-state index in [4.69, 9.17) is 4.74 Å². The molecule has 2 heterocycles. The highest BCUT2D eigenvalue weighted by Crippen LogP contribution is 2.35. The Morgan fingerprint density at radius 1 is 1.27 bits per heavy atom. The monoisotopic (exact) mass is 226 g/mol. The molecule has 2 N–H and O–H groups in total. The lowest BCUT2D eigenvalue weighted by Gasteiger charge is -2.00. The van der Waals surface area contributed by atoms with Crippen molar-refractivity contribution in [2.75, 3.05) is 20.2 Å². The van der Waals surface area contributed by atoms with E-state index in [0.717, 1.165) is 17.3 Å². The molecule has 3 nitrogen and oxygen atoms in total. The van der Waals surface area contributed by atoms with Crippen LogP contribution in [0, 0.1) is 13.8 Å². The first-order chi connectivity index (χ1) is 7.20. The van der Waals surface area contributed by atoms with Crippen molar-refractivity contribution in [3.63, 3.8) is 0 Å². The van der Waals surface area contributed by atoms with Crippen molar-refractivity contribution in [3.05, 3.63) is 16.0 Å². The van der Waals surface area contributed by atoms with Gasteiger partial charge in [-0.05, 0) is 33.4 Å². The van der Waals surface area contributed by atoms with Crippen molar-refractivity contribution in [2.24, 2.45) is 10.7 Å². The van der Waals surface area contributed by atoms with Crippen LogP contribution >= 0.6 is 11.3 Å². The first-order valence-corrected chi connectivity index (χ1v) is 5.83. The summed E-state index contributed by atoms with van der Waals surface area (Å²) in [6.07, 6.45) is 0. The quantitative estimate of drug-likeness (QED) is 0.736. The van der Waals surface area contributed by atoms with Crippen LogP contribution in [-0.2, 0) is 0 Å². The number of nitrogens with zero attached hydrogens (tertiary/aromatic N) is 1. The predicted octanol–water partition coefficient (Wildman–Crippen LogP) is 2.14. The molecule has 0 saturated carbocycles. The van der Waals surface area contributed by atoms with Crippen molar-refractivity contribution in [3.8, 4) is 5.06 Å². The Morgan fingerprint density at radius 2 is 1.93 bits per heavy atom. The molecule has 0 unspecified atom stereocenters. The van der Waals surface area contributed by atoms with E-state index in [1.807, 2.05) is 0 Å². The van der Waals surface area contributed by atoms with E-state index < -0.39 is 0 Å². The number of rotatable bonds is 0. The van der Waals surface area contributed by atoms with Crippen LogP contribution < -0.4 is 10.5 Å². The van der Waals surface area contributed by atoms with Gasteiger partial charge in [-0.3, -0.25) is 4.99 Å². The Kier molecular flexibility index (Phi) is 4.29. The minimum atomic E-state index is 0.712. The largest absolute Gasteiger partial charge is 0.481 e. The van der Waals surface area contributed by atoms with Gasteiger partial charge in [0.25, 0.3) is 0 Å². The van der Waals surface area contributed by atoms with E-state index in [1.165, 1.54) is 23.1 Å². The number of hydrogen-bond acceptors (Lipinski definition) is 4. The molecule has 1 aromatic rings. The fourth-order valence-electron chi connectivity index (χ4n) is 1.55. The van der Waals surface area contributed by atoms with Crippen molar-refractivity contribution in [1.29, 1.82) is 0 Å². The lowest BCUT2D eigenvalue weighted by atomic mass is 10.1. The molecule has 0 bridgehead atoms. The molecule has 0 radical (unpaired) electrons. The number of hydrogen-bond donors (Lipinski definition) is 1. The number of ether oxygens (including phenoxy) is 1. The van der Waals surface area contributed by atoms with Gasteiger partial charge < -0.3 is 10.5 Å². The summed E-state index contributed by atoms with van der Waals surface area (Å²) in [7, 11) is 1.50. The highest BCUT2D eigenvalue weighted by Gasteiger charge is 2.17. The average Bonchev–Trinajstić information content (AvgIpc) is 2.42. The van der Waals surface area contributed by atoms with Gasteiger partial charge in [0, 0.05) is 10.6 Å². The van der Waals surface area contributed by atoms with Crippen LogP contribution in [0.4, 0.5) is 0 Å². The maximum atomic E-state index is 5.62. The van der Waals surface area contributed by atoms with Crippen molar-refractivity contribution in [1.82, 2.24) is 0 Å². The van der Waals surface area contributed by atoms with Crippen molar-refractivity contribution in [2.45, 2.75) is 20.8 Å². The van der Waals surface area contributed by atoms with Crippen LogP contribution in [0.2, 0.25) is 0 Å². The van der Waals surface area contributed by atoms with Gasteiger partial charge in [-0.1, -0.05) is 0 Å². The summed E-state index contributed by atoms with van der Waals surface area (Å²) in [5, 5.41) is 1.05. The molecule has 0 aliphatic carbocycles. The molecule has 0 saturated heterocycles. The summed E-state index contributed by atoms with van der Waals surface area (Å²) < 4.78 is 5.62. The Hall–Kier alpha value is -0.870. The Balaban J connectivity index is 0.000000531. The molecule has 0 fully saturated rings. The van der Waals surface area contributed by atoms with Crippen LogP contribution in [0.15, 0.2) is 4.99 Å². The molecule has 0 atom stereocenters. The van der Waals surface area contributed by atoms with E-state index >= 15 is 0 Å². The smallest absolute Gasteiger partial charge is 0.183 e. The van der Waals surface area contributed by atoms with Crippen LogP contribution in [0.1, 0.15) is 22.9 Å². The summed E-state index contributed by atoms with van der Waals surface area (Å²) in [5.41, 5.74) is 8.16. The molecular weight excluding hydrogens is 208 g/mol. The minimum Gasteiger partial charge on any atom is -0.481 e. The van der Waals surface area contributed by atoms with Gasteiger partial charge in [0.05, 0.1) is 12.1 Å². The SMILES string of the molecule is CC1=NCCOc2sc(C)c(C)c21.CN. The zero-order chi connectivity index (χ0) is 11.4. The van der Waals surface area contributed by atoms with Gasteiger partial charge in [-0.2, -0.15) is 0 Å². The number of thiophene rings is 1. The third-order valence-electron chi connectivity index (χ3n) is 2.39. The molecule has 0 amide bonds. The van der Waals surface area contributed by atoms with Crippen molar-refractivity contribution < 1.29 is 4.74 Å². The number of aliphatic imine (C=N–C) groups is 1. The standard InChI is InChI=1S/C10H13NOS.CH5N/c1-6-8(3)13-10-9(6)7(2)11-4-5-12-10;1-2/h4-5H2,1-3H3;2H2,1H3. The number of nitrogens with two attached hydrogens (primary N) is 1. The molecule has 2 rings (SSSR count). The Labute approximate surface area is 95.0 Å². The van der Waals surface area contributed by atoms with Gasteiger partial charge >= 0.3 is 0 Å². The molecule has 4 heteroatoms. The summed E-state index contributed by atoms with van der Waals surface area (Å²) in [4.78, 5) is 5.77.